The zero-order valence-electron chi connectivity index (χ0n) is 12.7. The van der Waals surface area contributed by atoms with Crippen LogP contribution in [0.4, 0.5) is 4.39 Å². The van der Waals surface area contributed by atoms with Crippen LogP contribution in [0.1, 0.15) is 37.8 Å². The van der Waals surface area contributed by atoms with Crippen LogP contribution in [0.25, 0.3) is 0 Å². The number of aryl methyl sites for hydroxylation is 1. The van der Waals surface area contributed by atoms with Gasteiger partial charge in [-0.3, -0.25) is 4.90 Å². The summed E-state index contributed by atoms with van der Waals surface area (Å²) in [4.78, 5) is 2.61. The van der Waals surface area contributed by atoms with E-state index in [1.165, 1.54) is 18.4 Å². The second-order valence-electron chi connectivity index (χ2n) is 7.15. The Kier molecular flexibility index (Phi) is 3.59. The van der Waals surface area contributed by atoms with Crippen molar-refractivity contribution in [2.24, 2.45) is 5.92 Å². The number of piperazine rings is 1. The lowest BCUT2D eigenvalue weighted by atomic mass is 9.95. The molecule has 1 saturated carbocycles. The summed E-state index contributed by atoms with van der Waals surface area (Å²) in [5.41, 5.74) is 2.49. The molecule has 0 aromatic heterocycles. The third-order valence-electron chi connectivity index (χ3n) is 4.70. The lowest BCUT2D eigenvalue weighted by molar-refractivity contribution is 0.0757. The van der Waals surface area contributed by atoms with Crippen molar-refractivity contribution in [3.8, 4) is 0 Å². The van der Waals surface area contributed by atoms with E-state index >= 15 is 0 Å². The summed E-state index contributed by atoms with van der Waals surface area (Å²) in [6.07, 6.45) is 2.73. The van der Waals surface area contributed by atoms with E-state index < -0.39 is 0 Å². The van der Waals surface area contributed by atoms with Crippen LogP contribution in [0.15, 0.2) is 18.2 Å². The molecular formula is C17H25FN2. The maximum atomic E-state index is 13.2. The molecule has 110 valence electrons. The highest BCUT2D eigenvalue weighted by Gasteiger charge is 2.40. The van der Waals surface area contributed by atoms with Gasteiger partial charge in [-0.1, -0.05) is 6.07 Å². The monoisotopic (exact) mass is 276 g/mol. The number of nitrogens with one attached hydrogen (secondary N) is 1. The van der Waals surface area contributed by atoms with Crippen molar-refractivity contribution in [1.29, 1.82) is 0 Å². The molecule has 1 N–H and O–H groups in total. The highest BCUT2D eigenvalue weighted by molar-refractivity contribution is 5.26. The summed E-state index contributed by atoms with van der Waals surface area (Å²) in [5.74, 6) is 0.727. The summed E-state index contributed by atoms with van der Waals surface area (Å²) in [6.45, 7) is 9.63. The lowest BCUT2D eigenvalue weighted by Crippen LogP contribution is -2.61. The molecule has 20 heavy (non-hydrogen) atoms. The van der Waals surface area contributed by atoms with Crippen LogP contribution >= 0.6 is 0 Å². The Morgan fingerprint density at radius 2 is 2.10 bits per heavy atom. The van der Waals surface area contributed by atoms with Gasteiger partial charge < -0.3 is 5.32 Å². The van der Waals surface area contributed by atoms with Crippen LogP contribution in [0.2, 0.25) is 0 Å². The largest absolute Gasteiger partial charge is 0.309 e. The minimum absolute atomic E-state index is 0.134. The fraction of sp³-hybridized carbons (Fsp3) is 0.647. The van der Waals surface area contributed by atoms with Crippen molar-refractivity contribution in [3.63, 3.8) is 0 Å². The quantitative estimate of drug-likeness (QED) is 0.912. The average molecular weight is 276 g/mol. The van der Waals surface area contributed by atoms with Crippen molar-refractivity contribution in [3.05, 3.63) is 35.1 Å². The highest BCUT2D eigenvalue weighted by Crippen LogP contribution is 2.37. The zero-order valence-corrected chi connectivity index (χ0v) is 12.7. The first-order valence-corrected chi connectivity index (χ1v) is 7.69. The van der Waals surface area contributed by atoms with E-state index in [0.29, 0.717) is 6.04 Å². The van der Waals surface area contributed by atoms with Crippen molar-refractivity contribution in [1.82, 2.24) is 10.2 Å². The highest BCUT2D eigenvalue weighted by atomic mass is 19.1. The molecule has 1 aromatic rings. The van der Waals surface area contributed by atoms with Crippen LogP contribution < -0.4 is 5.32 Å². The maximum Gasteiger partial charge on any atom is 0.123 e. The van der Waals surface area contributed by atoms with Crippen molar-refractivity contribution < 1.29 is 4.39 Å². The maximum absolute atomic E-state index is 13.2. The van der Waals surface area contributed by atoms with Gasteiger partial charge in [0.2, 0.25) is 0 Å². The third-order valence-corrected chi connectivity index (χ3v) is 4.70. The molecule has 3 rings (SSSR count). The summed E-state index contributed by atoms with van der Waals surface area (Å²) in [6, 6.07) is 5.83. The second-order valence-corrected chi connectivity index (χ2v) is 7.15. The summed E-state index contributed by atoms with van der Waals surface area (Å²) in [5, 5.41) is 3.67. The summed E-state index contributed by atoms with van der Waals surface area (Å²) < 4.78 is 13.2. The van der Waals surface area contributed by atoms with Crippen molar-refractivity contribution >= 4 is 0 Å². The SMILES string of the molecule is Cc1cc(F)ccc1CN1CC(C)(C)NCC1C1CC1. The van der Waals surface area contributed by atoms with Crippen LogP contribution in [0.5, 0.6) is 0 Å². The minimum atomic E-state index is -0.134. The fourth-order valence-electron chi connectivity index (χ4n) is 3.37. The predicted octanol–water partition coefficient (Wildman–Crippen LogP) is 3.10. The van der Waals surface area contributed by atoms with Gasteiger partial charge in [0, 0.05) is 31.2 Å². The molecule has 0 bridgehead atoms. The minimum Gasteiger partial charge on any atom is -0.309 e. The van der Waals surface area contributed by atoms with Crippen molar-refractivity contribution in [2.75, 3.05) is 13.1 Å². The first kappa shape index (κ1) is 14.0. The van der Waals surface area contributed by atoms with Crippen LogP contribution in [-0.2, 0) is 6.54 Å². The number of hydrogen-bond acceptors (Lipinski definition) is 2. The van der Waals surface area contributed by atoms with E-state index in [9.17, 15) is 4.39 Å². The Morgan fingerprint density at radius 1 is 1.35 bits per heavy atom. The summed E-state index contributed by atoms with van der Waals surface area (Å²) >= 11 is 0. The van der Waals surface area contributed by atoms with Crippen LogP contribution in [0, 0.1) is 18.7 Å². The predicted molar refractivity (Wildman–Crippen MR) is 80.1 cm³/mol. The van der Waals surface area contributed by atoms with E-state index in [-0.39, 0.29) is 11.4 Å². The van der Waals surface area contributed by atoms with E-state index in [1.54, 1.807) is 12.1 Å². The molecule has 1 heterocycles. The Bertz CT molecular complexity index is 494. The molecule has 3 heteroatoms. The lowest BCUT2D eigenvalue weighted by Gasteiger charge is -2.45. The Labute approximate surface area is 121 Å². The zero-order chi connectivity index (χ0) is 14.3. The summed E-state index contributed by atoms with van der Waals surface area (Å²) in [7, 11) is 0. The second kappa shape index (κ2) is 5.12. The Hall–Kier alpha value is -0.930. The third kappa shape index (κ3) is 3.04. The number of benzene rings is 1. The molecule has 1 unspecified atom stereocenters. The molecule has 2 fully saturated rings. The molecule has 2 nitrogen and oxygen atoms in total. The molecule has 0 radical (unpaired) electrons. The first-order chi connectivity index (χ1) is 9.44. The van der Waals surface area contributed by atoms with Gasteiger partial charge in [-0.2, -0.15) is 0 Å². The molecule has 1 aromatic carbocycles. The molecule has 1 aliphatic heterocycles. The van der Waals surface area contributed by atoms with Gasteiger partial charge >= 0.3 is 0 Å². The standard InChI is InChI=1S/C17H25FN2/c1-12-8-15(18)7-6-14(12)10-20-11-17(2,3)19-9-16(20)13-4-5-13/h6-8,13,16,19H,4-5,9-11H2,1-3H3. The number of nitrogens with zero attached hydrogens (tertiary/aromatic N) is 1. The van der Waals surface area contributed by atoms with E-state index in [4.69, 9.17) is 0 Å². The molecule has 2 aliphatic rings. The molecule has 1 saturated heterocycles. The average Bonchev–Trinajstić information content (AvgIpc) is 3.16. The van der Waals surface area contributed by atoms with Gasteiger partial charge in [-0.15, -0.1) is 0 Å². The smallest absolute Gasteiger partial charge is 0.123 e. The molecule has 1 aliphatic carbocycles. The van der Waals surface area contributed by atoms with Crippen LogP contribution in [-0.4, -0.2) is 29.6 Å². The van der Waals surface area contributed by atoms with Crippen LogP contribution in [0.3, 0.4) is 0 Å². The molecular weight excluding hydrogens is 251 g/mol. The van der Waals surface area contributed by atoms with Gasteiger partial charge in [0.15, 0.2) is 0 Å². The topological polar surface area (TPSA) is 15.3 Å². The van der Waals surface area contributed by atoms with Gasteiger partial charge in [-0.05, 0) is 62.8 Å². The van der Waals surface area contributed by atoms with Gasteiger partial charge in [0.05, 0.1) is 0 Å². The number of rotatable bonds is 3. The molecule has 0 amide bonds. The fourth-order valence-corrected chi connectivity index (χ4v) is 3.37. The first-order valence-electron chi connectivity index (χ1n) is 7.69. The Balaban J connectivity index is 1.78. The van der Waals surface area contributed by atoms with E-state index in [0.717, 1.165) is 31.1 Å². The van der Waals surface area contributed by atoms with E-state index in [2.05, 4.69) is 24.1 Å². The van der Waals surface area contributed by atoms with Gasteiger partial charge in [0.1, 0.15) is 5.82 Å². The number of halogens is 1. The molecule has 0 spiro atoms. The van der Waals surface area contributed by atoms with Gasteiger partial charge in [-0.25, -0.2) is 4.39 Å². The molecule has 1 atom stereocenters. The van der Waals surface area contributed by atoms with E-state index in [1.807, 2.05) is 13.0 Å². The Morgan fingerprint density at radius 3 is 2.75 bits per heavy atom. The normalized spacial score (nSPS) is 26.7. The van der Waals surface area contributed by atoms with Crippen molar-refractivity contribution in [2.45, 2.75) is 51.7 Å². The van der Waals surface area contributed by atoms with Gasteiger partial charge in [0.25, 0.3) is 0 Å². The number of hydrogen-bond donors (Lipinski definition) is 1.